The van der Waals surface area contributed by atoms with Crippen LogP contribution in [0.2, 0.25) is 0 Å². The Bertz CT molecular complexity index is 375. The topological polar surface area (TPSA) is 0 Å². The molecular weight excluding hydrogens is 216 g/mol. The van der Waals surface area contributed by atoms with Gasteiger partial charge >= 0.3 is 0 Å². The monoisotopic (exact) mass is 248 g/mol. The van der Waals surface area contributed by atoms with Gasteiger partial charge in [-0.1, -0.05) is 64.3 Å². The zero-order chi connectivity index (χ0) is 14.3. The molecule has 0 radical (unpaired) electrons. The van der Waals surface area contributed by atoms with E-state index in [9.17, 15) is 0 Å². The third-order valence-corrected chi connectivity index (χ3v) is 6.07. The molecule has 1 aliphatic carbocycles. The van der Waals surface area contributed by atoms with Crippen LogP contribution in [0, 0.1) is 22.7 Å². The lowest BCUT2D eigenvalue weighted by molar-refractivity contribution is 0.287. The molecule has 1 atom stereocenters. The maximum atomic E-state index is 2.43. The van der Waals surface area contributed by atoms with Gasteiger partial charge in [-0.25, -0.2) is 0 Å². The van der Waals surface area contributed by atoms with Crippen molar-refractivity contribution >= 4 is 0 Å². The molecule has 0 N–H and O–H groups in total. The van der Waals surface area contributed by atoms with Gasteiger partial charge in [0.2, 0.25) is 0 Å². The minimum atomic E-state index is 0.302. The third kappa shape index (κ3) is 2.44. The van der Waals surface area contributed by atoms with E-state index in [0.29, 0.717) is 22.7 Å². The first-order valence-corrected chi connectivity index (χ1v) is 7.38. The molecule has 1 aliphatic rings. The molecule has 0 saturated carbocycles. The van der Waals surface area contributed by atoms with Crippen LogP contribution in [0.1, 0.15) is 68.7 Å². The van der Waals surface area contributed by atoms with E-state index in [1.54, 1.807) is 16.7 Å². The molecule has 104 valence electrons. The zero-order valence-corrected chi connectivity index (χ0v) is 13.9. The van der Waals surface area contributed by atoms with E-state index in [1.807, 2.05) is 0 Å². The fourth-order valence-corrected chi connectivity index (χ4v) is 3.05. The highest BCUT2D eigenvalue weighted by molar-refractivity contribution is 5.30. The van der Waals surface area contributed by atoms with Crippen LogP contribution in [0.4, 0.5) is 0 Å². The van der Waals surface area contributed by atoms with Gasteiger partial charge in [-0.05, 0) is 49.9 Å². The molecule has 18 heavy (non-hydrogen) atoms. The lowest BCUT2D eigenvalue weighted by Crippen LogP contribution is -2.27. The van der Waals surface area contributed by atoms with Gasteiger partial charge in [-0.3, -0.25) is 0 Å². The quantitative estimate of drug-likeness (QED) is 0.537. The molecule has 0 aromatic carbocycles. The Morgan fingerprint density at radius 2 is 1.78 bits per heavy atom. The minimum absolute atomic E-state index is 0.302. The van der Waals surface area contributed by atoms with E-state index >= 15 is 0 Å². The summed E-state index contributed by atoms with van der Waals surface area (Å²) in [6.45, 7) is 21.2. The molecule has 0 aromatic rings. The summed E-state index contributed by atoms with van der Waals surface area (Å²) in [5.41, 5.74) is 5.40. The van der Waals surface area contributed by atoms with Crippen molar-refractivity contribution in [1.29, 1.82) is 0 Å². The summed E-state index contributed by atoms with van der Waals surface area (Å²) >= 11 is 0. The standard InChI is InChI=1S/C18H32/c1-12(2)17(6,7)15(5)14(4)16-11-10-13(3)18(16,8)9/h10,12,16H,11H2,1-9H3/b15-14+. The molecule has 1 rings (SSSR count). The molecule has 0 saturated heterocycles. The molecule has 1 unspecified atom stereocenters. The Morgan fingerprint density at radius 1 is 1.28 bits per heavy atom. The Balaban J connectivity index is 3.12. The van der Waals surface area contributed by atoms with Gasteiger partial charge < -0.3 is 0 Å². The predicted molar refractivity (Wildman–Crippen MR) is 82.6 cm³/mol. The second kappa shape index (κ2) is 4.87. The number of allylic oxidation sites excluding steroid dienone is 4. The van der Waals surface area contributed by atoms with Crippen LogP contribution in [0.15, 0.2) is 22.8 Å². The first-order valence-electron chi connectivity index (χ1n) is 7.38. The first kappa shape index (κ1) is 15.5. The second-order valence-corrected chi connectivity index (χ2v) is 7.58. The van der Waals surface area contributed by atoms with E-state index in [4.69, 9.17) is 0 Å². The molecule has 0 spiro atoms. The molecule has 0 bridgehead atoms. The molecule has 0 aliphatic heterocycles. The highest BCUT2D eigenvalue weighted by Crippen LogP contribution is 2.49. The maximum Gasteiger partial charge on any atom is -0.00791 e. The van der Waals surface area contributed by atoms with E-state index in [1.165, 1.54) is 6.42 Å². The predicted octanol–water partition coefficient (Wildman–Crippen LogP) is 6.00. The maximum absolute atomic E-state index is 2.43. The van der Waals surface area contributed by atoms with Crippen LogP contribution in [0.3, 0.4) is 0 Å². The summed E-state index contributed by atoms with van der Waals surface area (Å²) in [6.07, 6.45) is 3.65. The zero-order valence-electron chi connectivity index (χ0n) is 13.9. The van der Waals surface area contributed by atoms with Crippen LogP contribution >= 0.6 is 0 Å². The summed E-state index contributed by atoms with van der Waals surface area (Å²) in [5.74, 6) is 1.38. The van der Waals surface area contributed by atoms with Crippen LogP contribution < -0.4 is 0 Å². The van der Waals surface area contributed by atoms with E-state index in [2.05, 4.69) is 68.4 Å². The van der Waals surface area contributed by atoms with E-state index in [0.717, 1.165) is 0 Å². The molecule has 0 fully saturated rings. The SMILES string of the molecule is CC1=CCC(/C(C)=C(\C)C(C)(C)C(C)C)C1(C)C. The van der Waals surface area contributed by atoms with Crippen molar-refractivity contribution in [2.24, 2.45) is 22.7 Å². The molecular formula is C18H32. The van der Waals surface area contributed by atoms with Gasteiger partial charge in [-0.15, -0.1) is 0 Å². The van der Waals surface area contributed by atoms with Crippen molar-refractivity contribution < 1.29 is 0 Å². The highest BCUT2D eigenvalue weighted by Gasteiger charge is 2.38. The van der Waals surface area contributed by atoms with Crippen molar-refractivity contribution in [3.05, 3.63) is 22.8 Å². The van der Waals surface area contributed by atoms with Crippen LogP contribution in [-0.2, 0) is 0 Å². The summed E-state index contributed by atoms with van der Waals surface area (Å²) in [6, 6.07) is 0. The van der Waals surface area contributed by atoms with Crippen molar-refractivity contribution in [3.8, 4) is 0 Å². The van der Waals surface area contributed by atoms with Crippen LogP contribution in [0.25, 0.3) is 0 Å². The van der Waals surface area contributed by atoms with Gasteiger partial charge in [0.1, 0.15) is 0 Å². The average Bonchev–Trinajstić information content (AvgIpc) is 2.51. The fourth-order valence-electron chi connectivity index (χ4n) is 3.05. The summed E-state index contributed by atoms with van der Waals surface area (Å²) in [5, 5.41) is 0. The third-order valence-electron chi connectivity index (χ3n) is 6.07. The molecule has 0 heterocycles. The minimum Gasteiger partial charge on any atom is -0.0844 e. The Labute approximate surface area is 115 Å². The average molecular weight is 248 g/mol. The van der Waals surface area contributed by atoms with Crippen LogP contribution in [0.5, 0.6) is 0 Å². The van der Waals surface area contributed by atoms with E-state index < -0.39 is 0 Å². The summed E-state index contributed by atoms with van der Waals surface area (Å²) < 4.78 is 0. The van der Waals surface area contributed by atoms with Crippen molar-refractivity contribution in [1.82, 2.24) is 0 Å². The molecule has 0 amide bonds. The lowest BCUT2D eigenvalue weighted by atomic mass is 9.68. The van der Waals surface area contributed by atoms with Crippen molar-refractivity contribution in [3.63, 3.8) is 0 Å². The highest BCUT2D eigenvalue weighted by atomic mass is 14.4. The Kier molecular flexibility index (Phi) is 4.20. The largest absolute Gasteiger partial charge is 0.0844 e. The van der Waals surface area contributed by atoms with Crippen LogP contribution in [-0.4, -0.2) is 0 Å². The van der Waals surface area contributed by atoms with Gasteiger partial charge in [-0.2, -0.15) is 0 Å². The number of rotatable bonds is 3. The summed E-state index contributed by atoms with van der Waals surface area (Å²) in [4.78, 5) is 0. The molecule has 0 nitrogen and oxygen atoms in total. The smallest absolute Gasteiger partial charge is 0.00791 e. The van der Waals surface area contributed by atoms with Crippen molar-refractivity contribution in [2.75, 3.05) is 0 Å². The van der Waals surface area contributed by atoms with E-state index in [-0.39, 0.29) is 0 Å². The summed E-state index contributed by atoms with van der Waals surface area (Å²) in [7, 11) is 0. The first-order chi connectivity index (χ1) is 8.02. The number of hydrogen-bond acceptors (Lipinski definition) is 0. The Morgan fingerprint density at radius 3 is 2.11 bits per heavy atom. The second-order valence-electron chi connectivity index (χ2n) is 7.58. The van der Waals surface area contributed by atoms with Gasteiger partial charge in [0.15, 0.2) is 0 Å². The lowest BCUT2D eigenvalue weighted by Gasteiger charge is -2.37. The Hall–Kier alpha value is -0.520. The van der Waals surface area contributed by atoms with Gasteiger partial charge in [0, 0.05) is 0 Å². The van der Waals surface area contributed by atoms with Gasteiger partial charge in [0.05, 0.1) is 0 Å². The van der Waals surface area contributed by atoms with Crippen molar-refractivity contribution in [2.45, 2.75) is 68.7 Å². The molecule has 0 heteroatoms. The van der Waals surface area contributed by atoms with Gasteiger partial charge in [0.25, 0.3) is 0 Å². The normalized spacial score (nSPS) is 25.2. The number of hydrogen-bond donors (Lipinski definition) is 0. The fraction of sp³-hybridized carbons (Fsp3) is 0.778. The molecule has 0 aromatic heterocycles.